The van der Waals surface area contributed by atoms with E-state index in [1.807, 2.05) is 12.1 Å². The van der Waals surface area contributed by atoms with Crippen molar-refractivity contribution in [1.82, 2.24) is 9.80 Å². The first-order valence-electron chi connectivity index (χ1n) is 25.4. The second-order valence-electron chi connectivity index (χ2n) is 22.2. The minimum absolute atomic E-state index is 0. The number of ether oxygens (including phenoxy) is 2. The van der Waals surface area contributed by atoms with Crippen LogP contribution in [0.2, 0.25) is 20.1 Å². The van der Waals surface area contributed by atoms with E-state index in [2.05, 4.69) is 0 Å². The lowest BCUT2D eigenvalue weighted by Gasteiger charge is -2.51. The summed E-state index contributed by atoms with van der Waals surface area (Å²) in [5.41, 5.74) is 2.74. The zero-order valence-corrected chi connectivity index (χ0v) is 47.9. The van der Waals surface area contributed by atoms with E-state index in [0.29, 0.717) is 42.3 Å². The molecule has 14 nitrogen and oxygen atoms in total. The van der Waals surface area contributed by atoms with Gasteiger partial charge in [0.05, 0.1) is 45.9 Å². The van der Waals surface area contributed by atoms with Gasteiger partial charge >= 0.3 is 11.9 Å². The Morgan fingerprint density at radius 1 is 0.545 bits per heavy atom. The molecule has 0 unspecified atom stereocenters. The van der Waals surface area contributed by atoms with Crippen molar-refractivity contribution in [2.24, 2.45) is 11.8 Å². The van der Waals surface area contributed by atoms with Crippen LogP contribution in [-0.4, -0.2) is 106 Å². The van der Waals surface area contributed by atoms with Crippen LogP contribution in [0.4, 0.5) is 0 Å². The van der Waals surface area contributed by atoms with Gasteiger partial charge in [0.1, 0.15) is 24.4 Å². The Morgan fingerprint density at radius 2 is 0.870 bits per heavy atom. The third kappa shape index (κ3) is 14.4. The summed E-state index contributed by atoms with van der Waals surface area (Å²) in [4.78, 5) is 54.9. The van der Waals surface area contributed by atoms with Crippen LogP contribution in [0, 0.1) is 11.8 Å². The summed E-state index contributed by atoms with van der Waals surface area (Å²) in [6, 6.07) is 25.3. The fraction of sp³-hybridized carbons (Fsp3) is 0.509. The van der Waals surface area contributed by atoms with Gasteiger partial charge in [0.25, 0.3) is 11.8 Å². The topological polar surface area (TPSA) is 202 Å². The minimum Gasteiger partial charge on any atom is -0.481 e. The van der Waals surface area contributed by atoms with Gasteiger partial charge in [-0.3, -0.25) is 19.2 Å². The molecule has 4 aromatic rings. The van der Waals surface area contributed by atoms with Crippen LogP contribution in [0.5, 0.6) is 0 Å². The van der Waals surface area contributed by atoms with Crippen molar-refractivity contribution in [2.45, 2.75) is 158 Å². The number of halogens is 4. The Labute approximate surface area is 473 Å². The first-order chi connectivity index (χ1) is 35.6. The Balaban J connectivity index is 0.000000246. The third-order valence-electron chi connectivity index (χ3n) is 15.1. The van der Waals surface area contributed by atoms with Crippen LogP contribution in [0.1, 0.15) is 147 Å². The zero-order valence-electron chi connectivity index (χ0n) is 43.3. The molecule has 2 saturated heterocycles. The number of carboxylic acid groups (broad SMARTS) is 2. The second-order valence-corrected chi connectivity index (χ2v) is 29.5. The van der Waals surface area contributed by atoms with E-state index < -0.39 is 114 Å². The summed E-state index contributed by atoms with van der Waals surface area (Å²) in [5.74, 6) is -3.92. The molecule has 0 spiro atoms. The number of amides is 2. The molecule has 4 aromatic carbocycles. The van der Waals surface area contributed by atoms with E-state index in [-0.39, 0.29) is 30.8 Å². The van der Waals surface area contributed by atoms with Gasteiger partial charge in [-0.15, -0.1) is 0 Å². The van der Waals surface area contributed by atoms with Crippen LogP contribution < -0.4 is 0 Å². The lowest BCUT2D eigenvalue weighted by molar-refractivity contribution is -0.185. The van der Waals surface area contributed by atoms with Crippen molar-refractivity contribution in [3.8, 4) is 0 Å². The number of benzene rings is 4. The fourth-order valence-corrected chi connectivity index (χ4v) is 13.6. The molecule has 2 aliphatic heterocycles. The lowest BCUT2D eigenvalue weighted by atomic mass is 9.78. The number of morpholine rings is 2. The lowest BCUT2D eigenvalue weighted by Crippen LogP contribution is -2.60. The molecule has 8 rings (SSSR count). The number of rotatable bonds is 16. The number of nitrogens with zero attached hydrogens (tertiary/aromatic N) is 2. The van der Waals surface area contributed by atoms with Crippen LogP contribution in [0.25, 0.3) is 0 Å². The van der Waals surface area contributed by atoms with Gasteiger partial charge < -0.3 is 29.5 Å². The highest BCUT2D eigenvalue weighted by atomic mass is 35.5. The monoisotopic (exact) mass is 1180 g/mol. The van der Waals surface area contributed by atoms with Gasteiger partial charge in [-0.1, -0.05) is 115 Å². The highest BCUT2D eigenvalue weighted by Gasteiger charge is 2.53. The number of carbonyl (C=O) groups is 4. The van der Waals surface area contributed by atoms with Gasteiger partial charge in [-0.25, -0.2) is 16.8 Å². The van der Waals surface area contributed by atoms with E-state index in [1.165, 1.54) is 0 Å². The van der Waals surface area contributed by atoms with E-state index in [1.54, 1.807) is 136 Å². The van der Waals surface area contributed by atoms with Crippen molar-refractivity contribution in [3.63, 3.8) is 0 Å². The Hall–Kier alpha value is -4.26. The maximum Gasteiger partial charge on any atom is 0.306 e. The van der Waals surface area contributed by atoms with Gasteiger partial charge in [0.2, 0.25) is 0 Å². The maximum atomic E-state index is 14.1. The van der Waals surface area contributed by atoms with E-state index >= 15 is 0 Å². The standard InChI is InChI=1S/2C28H33Cl2NO6S.CH4/c2*1-28(2,3)38(35,36)16-22(17-6-4-7-17)31-25(18-10-12-20(29)13-11-18)26(19-8-5-9-21(30)14-19)37-23(27(31)34)15-24(32)33;/h2*5,8-14,17,22-23,25-26H,4,6-7,15-16H2,1-3H3,(H,32,33);1H4/t22-,23+,25-,26-;22-,23-,25-,26-;/m11./s1. The summed E-state index contributed by atoms with van der Waals surface area (Å²) >= 11 is 25.0. The molecular formula is C57H70Cl4N2O12S2. The van der Waals surface area contributed by atoms with E-state index in [4.69, 9.17) is 55.9 Å². The summed E-state index contributed by atoms with van der Waals surface area (Å²) in [5, 5.41) is 21.1. The molecule has 2 amide bonds. The molecule has 2 N–H and O–H groups in total. The molecule has 20 heteroatoms. The smallest absolute Gasteiger partial charge is 0.306 e. The summed E-state index contributed by atoms with van der Waals surface area (Å²) in [6.07, 6.45) is -0.169. The largest absolute Gasteiger partial charge is 0.481 e. The highest BCUT2D eigenvalue weighted by molar-refractivity contribution is 7.93. The van der Waals surface area contributed by atoms with Crippen molar-refractivity contribution >= 4 is 89.8 Å². The van der Waals surface area contributed by atoms with Gasteiger partial charge in [0, 0.05) is 32.2 Å². The number of hydrogen-bond acceptors (Lipinski definition) is 10. The van der Waals surface area contributed by atoms with Crippen molar-refractivity contribution < 1.29 is 55.7 Å². The van der Waals surface area contributed by atoms with Crippen LogP contribution in [0.3, 0.4) is 0 Å². The molecule has 8 atom stereocenters. The molecule has 4 aliphatic rings. The van der Waals surface area contributed by atoms with Crippen molar-refractivity contribution in [1.29, 1.82) is 0 Å². The highest BCUT2D eigenvalue weighted by Crippen LogP contribution is 2.50. The van der Waals surface area contributed by atoms with E-state index in [0.717, 1.165) is 38.5 Å². The second kappa shape index (κ2) is 25.0. The number of sulfone groups is 2. The number of carboxylic acids is 2. The van der Waals surface area contributed by atoms with Crippen LogP contribution >= 0.6 is 46.4 Å². The average molecular weight is 1180 g/mol. The normalized spacial score (nSPS) is 23.4. The Bertz CT molecular complexity index is 2780. The van der Waals surface area contributed by atoms with Crippen LogP contribution in [-0.2, 0) is 48.3 Å². The summed E-state index contributed by atoms with van der Waals surface area (Å²) in [7, 11) is -7.25. The van der Waals surface area contributed by atoms with Gasteiger partial charge in [-0.05, 0) is 150 Å². The average Bonchev–Trinajstić information content (AvgIpc) is 3.28. The number of aliphatic carboxylic acids is 2. The maximum absolute atomic E-state index is 14.1. The Kier molecular flexibility index (Phi) is 20.1. The molecule has 2 saturated carbocycles. The molecule has 0 aromatic heterocycles. The molecule has 0 radical (unpaired) electrons. The molecule has 0 bridgehead atoms. The zero-order chi connectivity index (χ0) is 55.7. The van der Waals surface area contributed by atoms with Crippen LogP contribution in [0.15, 0.2) is 97.1 Å². The molecular weight excluding hydrogens is 1110 g/mol. The first kappa shape index (κ1) is 61.9. The van der Waals surface area contributed by atoms with Gasteiger partial charge in [-0.2, -0.15) is 0 Å². The van der Waals surface area contributed by atoms with Gasteiger partial charge in [0.15, 0.2) is 19.7 Å². The number of carbonyl (C=O) groups excluding carboxylic acids is 2. The predicted molar refractivity (Wildman–Crippen MR) is 301 cm³/mol. The number of hydrogen-bond donors (Lipinski definition) is 2. The predicted octanol–water partition coefficient (Wildman–Crippen LogP) is 12.4. The SMILES string of the molecule is C.CC(C)(C)S(=O)(=O)C[C@H](C1CCC1)N1C(=O)[C@@H](CC(=O)O)O[C@H](c2cccc(Cl)c2)[C@H]1c1ccc(Cl)cc1.CC(C)(C)S(=O)(=O)C[C@H](C1CCC1)N1C(=O)[C@H](CC(=O)O)O[C@H](c2cccc(Cl)c2)[C@H]1c1ccc(Cl)cc1. The fourth-order valence-electron chi connectivity index (χ4n) is 10.2. The quantitative estimate of drug-likeness (QED) is 0.108. The molecule has 77 heavy (non-hydrogen) atoms. The third-order valence-corrected chi connectivity index (χ3v) is 21.4. The van der Waals surface area contributed by atoms with Crippen molar-refractivity contribution in [2.75, 3.05) is 11.5 Å². The Morgan fingerprint density at radius 3 is 1.13 bits per heavy atom. The molecule has 4 fully saturated rings. The van der Waals surface area contributed by atoms with E-state index in [9.17, 15) is 46.2 Å². The first-order valence-corrected chi connectivity index (χ1v) is 30.2. The molecule has 2 aliphatic carbocycles. The molecule has 420 valence electrons. The molecule has 2 heterocycles. The van der Waals surface area contributed by atoms with Crippen molar-refractivity contribution in [3.05, 3.63) is 139 Å². The summed E-state index contributed by atoms with van der Waals surface area (Å²) in [6.45, 7) is 9.92. The minimum atomic E-state index is -3.63. The summed E-state index contributed by atoms with van der Waals surface area (Å²) < 4.78 is 64.5.